The lowest BCUT2D eigenvalue weighted by Crippen LogP contribution is -2.21. The summed E-state index contributed by atoms with van der Waals surface area (Å²) in [6.45, 7) is 3.54. The molecule has 11 heavy (non-hydrogen) atoms. The molecule has 0 bridgehead atoms. The zero-order valence-corrected chi connectivity index (χ0v) is 7.84. The molecule has 1 aliphatic rings. The van der Waals surface area contributed by atoms with Crippen molar-refractivity contribution >= 4 is 15.9 Å². The largest absolute Gasteiger partial charge is 0.373 e. The van der Waals surface area contributed by atoms with Gasteiger partial charge in [-0.15, -0.1) is 0 Å². The van der Waals surface area contributed by atoms with Crippen molar-refractivity contribution in [3.05, 3.63) is 16.4 Å². The van der Waals surface area contributed by atoms with Crippen molar-refractivity contribution in [1.29, 1.82) is 0 Å². The van der Waals surface area contributed by atoms with Gasteiger partial charge < -0.3 is 4.74 Å². The second-order valence-electron chi connectivity index (χ2n) is 2.75. The van der Waals surface area contributed by atoms with Gasteiger partial charge in [-0.1, -0.05) is 0 Å². The maximum Gasteiger partial charge on any atom is 0.0897 e. The molecule has 0 aromatic carbocycles. The van der Waals surface area contributed by atoms with E-state index in [1.54, 1.807) is 0 Å². The van der Waals surface area contributed by atoms with E-state index in [0.717, 1.165) is 16.8 Å². The summed E-state index contributed by atoms with van der Waals surface area (Å²) >= 11 is 3.42. The predicted molar refractivity (Wildman–Crippen MR) is 44.3 cm³/mol. The van der Waals surface area contributed by atoms with Crippen LogP contribution in [0.15, 0.2) is 10.7 Å². The summed E-state index contributed by atoms with van der Waals surface area (Å²) in [7, 11) is 0. The van der Waals surface area contributed by atoms with E-state index in [1.165, 1.54) is 0 Å². The lowest BCUT2D eigenvalue weighted by atomic mass is 10.3. The molecule has 3 nitrogen and oxygen atoms in total. The van der Waals surface area contributed by atoms with Crippen LogP contribution in [0.4, 0.5) is 0 Å². The topological polar surface area (TPSA) is 27.1 Å². The Hall–Kier alpha value is -0.350. The molecule has 0 saturated carbocycles. The molecule has 0 N–H and O–H groups in total. The van der Waals surface area contributed by atoms with Gasteiger partial charge in [-0.3, -0.25) is 4.68 Å². The minimum atomic E-state index is 0.366. The quantitative estimate of drug-likeness (QED) is 0.661. The minimum Gasteiger partial charge on any atom is -0.373 e. The number of nitrogens with zero attached hydrogens (tertiary/aromatic N) is 2. The fraction of sp³-hybridized carbons (Fsp3) is 0.571. The Morgan fingerprint density at radius 2 is 2.64 bits per heavy atom. The average Bonchev–Trinajstić information content (AvgIpc) is 2.35. The van der Waals surface area contributed by atoms with Gasteiger partial charge in [-0.2, -0.15) is 5.10 Å². The van der Waals surface area contributed by atoms with E-state index in [4.69, 9.17) is 4.74 Å². The molecule has 1 aromatic rings. The highest BCUT2D eigenvalue weighted by atomic mass is 79.9. The molecule has 0 amide bonds. The highest BCUT2D eigenvalue weighted by Crippen LogP contribution is 2.24. The zero-order chi connectivity index (χ0) is 7.84. The smallest absolute Gasteiger partial charge is 0.0897 e. The van der Waals surface area contributed by atoms with Crippen LogP contribution in [-0.4, -0.2) is 16.4 Å². The first-order valence-electron chi connectivity index (χ1n) is 3.58. The van der Waals surface area contributed by atoms with E-state index < -0.39 is 0 Å². The lowest BCUT2D eigenvalue weighted by molar-refractivity contribution is 0.0571. The Morgan fingerprint density at radius 3 is 3.36 bits per heavy atom. The van der Waals surface area contributed by atoms with Crippen molar-refractivity contribution in [2.24, 2.45) is 0 Å². The van der Waals surface area contributed by atoms with Gasteiger partial charge in [0.05, 0.1) is 35.6 Å². The number of aromatic nitrogens is 2. The minimum absolute atomic E-state index is 0.366. The van der Waals surface area contributed by atoms with Gasteiger partial charge in [-0.05, 0) is 22.9 Å². The summed E-state index contributed by atoms with van der Waals surface area (Å²) in [6, 6.07) is 0.366. The summed E-state index contributed by atoms with van der Waals surface area (Å²) in [5.41, 5.74) is 1.14. The number of hydrogen-bond donors (Lipinski definition) is 0. The first-order chi connectivity index (χ1) is 5.29. The van der Waals surface area contributed by atoms with Crippen molar-refractivity contribution in [2.45, 2.75) is 19.6 Å². The number of ether oxygens (including phenoxy) is 1. The third-order valence-electron chi connectivity index (χ3n) is 1.86. The van der Waals surface area contributed by atoms with Gasteiger partial charge in [0.15, 0.2) is 0 Å². The van der Waals surface area contributed by atoms with E-state index in [1.807, 2.05) is 10.9 Å². The maximum absolute atomic E-state index is 5.36. The monoisotopic (exact) mass is 216 g/mol. The molecular formula is C7H9BrN2O. The van der Waals surface area contributed by atoms with Crippen LogP contribution in [0.2, 0.25) is 0 Å². The number of fused-ring (bicyclic) bond motifs is 1. The van der Waals surface area contributed by atoms with E-state index >= 15 is 0 Å². The van der Waals surface area contributed by atoms with Gasteiger partial charge in [-0.25, -0.2) is 0 Å². The van der Waals surface area contributed by atoms with Crippen LogP contribution in [0.25, 0.3) is 0 Å². The number of halogens is 1. The molecule has 60 valence electrons. The Bertz CT molecular complexity index is 271. The third kappa shape index (κ3) is 1.10. The highest BCUT2D eigenvalue weighted by molar-refractivity contribution is 9.10. The fourth-order valence-electron chi connectivity index (χ4n) is 1.28. The van der Waals surface area contributed by atoms with Crippen molar-refractivity contribution < 1.29 is 4.74 Å². The second kappa shape index (κ2) is 2.60. The molecule has 0 radical (unpaired) electrons. The Balaban J connectivity index is 2.46. The normalized spacial score (nSPS) is 23.3. The number of rotatable bonds is 0. The fourth-order valence-corrected chi connectivity index (χ4v) is 1.67. The van der Waals surface area contributed by atoms with Gasteiger partial charge in [0, 0.05) is 0 Å². The molecular weight excluding hydrogens is 208 g/mol. The van der Waals surface area contributed by atoms with Crippen LogP contribution < -0.4 is 0 Å². The van der Waals surface area contributed by atoms with Gasteiger partial charge in [0.2, 0.25) is 0 Å². The van der Waals surface area contributed by atoms with Crippen molar-refractivity contribution in [2.75, 3.05) is 6.61 Å². The average molecular weight is 217 g/mol. The first kappa shape index (κ1) is 7.31. The molecule has 1 aromatic heterocycles. The standard InChI is InChI=1S/C7H9BrN2O/c1-5-3-11-4-7-6(8)2-9-10(5)7/h2,5H,3-4H2,1H3/t5-/m0/s1. The van der Waals surface area contributed by atoms with Crippen molar-refractivity contribution in [1.82, 2.24) is 9.78 Å². The van der Waals surface area contributed by atoms with E-state index in [0.29, 0.717) is 12.6 Å². The van der Waals surface area contributed by atoms with Crippen LogP contribution in [0, 0.1) is 0 Å². The molecule has 0 aliphatic carbocycles. The molecule has 0 unspecified atom stereocenters. The van der Waals surface area contributed by atoms with Crippen LogP contribution in [0.3, 0.4) is 0 Å². The highest BCUT2D eigenvalue weighted by Gasteiger charge is 2.18. The molecule has 0 saturated heterocycles. The van der Waals surface area contributed by atoms with Crippen LogP contribution in [-0.2, 0) is 11.3 Å². The van der Waals surface area contributed by atoms with Crippen molar-refractivity contribution in [3.63, 3.8) is 0 Å². The first-order valence-corrected chi connectivity index (χ1v) is 4.38. The van der Waals surface area contributed by atoms with Gasteiger partial charge >= 0.3 is 0 Å². The van der Waals surface area contributed by atoms with Crippen LogP contribution in [0.5, 0.6) is 0 Å². The second-order valence-corrected chi connectivity index (χ2v) is 3.60. The van der Waals surface area contributed by atoms with E-state index in [2.05, 4.69) is 28.0 Å². The number of hydrogen-bond acceptors (Lipinski definition) is 2. The summed E-state index contributed by atoms with van der Waals surface area (Å²) in [6.07, 6.45) is 1.82. The molecule has 0 spiro atoms. The molecule has 4 heteroatoms. The van der Waals surface area contributed by atoms with Gasteiger partial charge in [0.1, 0.15) is 0 Å². The van der Waals surface area contributed by atoms with E-state index in [9.17, 15) is 0 Å². The molecule has 1 aliphatic heterocycles. The van der Waals surface area contributed by atoms with Crippen LogP contribution >= 0.6 is 15.9 Å². The molecule has 2 heterocycles. The summed E-state index contributed by atoms with van der Waals surface area (Å²) in [5, 5.41) is 4.23. The van der Waals surface area contributed by atoms with Gasteiger partial charge in [0.25, 0.3) is 0 Å². The Labute approximate surface area is 73.5 Å². The Morgan fingerprint density at radius 1 is 1.82 bits per heavy atom. The van der Waals surface area contributed by atoms with E-state index in [-0.39, 0.29) is 0 Å². The lowest BCUT2D eigenvalue weighted by Gasteiger charge is -2.21. The third-order valence-corrected chi connectivity index (χ3v) is 2.53. The summed E-state index contributed by atoms with van der Waals surface area (Å²) < 4.78 is 8.41. The molecule has 0 fully saturated rings. The zero-order valence-electron chi connectivity index (χ0n) is 6.25. The van der Waals surface area contributed by atoms with Crippen LogP contribution in [0.1, 0.15) is 18.7 Å². The summed E-state index contributed by atoms with van der Waals surface area (Å²) in [5.74, 6) is 0. The SMILES string of the molecule is C[C@H]1COCc2c(Br)cnn21. The van der Waals surface area contributed by atoms with Crippen molar-refractivity contribution in [3.8, 4) is 0 Å². The summed E-state index contributed by atoms with van der Waals surface area (Å²) in [4.78, 5) is 0. The molecule has 1 atom stereocenters. The Kier molecular flexibility index (Phi) is 1.73. The maximum atomic E-state index is 5.36. The molecule has 2 rings (SSSR count). The predicted octanol–water partition coefficient (Wildman–Crippen LogP) is 1.74.